The van der Waals surface area contributed by atoms with Crippen LogP contribution < -0.4 is 0 Å². The zero-order valence-corrected chi connectivity index (χ0v) is 7.97. The SMILES string of the molecule is C/C1=C/CCCC(=O)N(C)CC1. The van der Waals surface area contributed by atoms with Gasteiger partial charge in [0.25, 0.3) is 0 Å². The molecule has 0 fully saturated rings. The topological polar surface area (TPSA) is 20.3 Å². The van der Waals surface area contributed by atoms with Crippen LogP contribution in [0.15, 0.2) is 11.6 Å². The van der Waals surface area contributed by atoms with Crippen molar-refractivity contribution < 1.29 is 4.79 Å². The van der Waals surface area contributed by atoms with E-state index in [0.717, 1.165) is 25.8 Å². The van der Waals surface area contributed by atoms with Crippen molar-refractivity contribution in [3.05, 3.63) is 11.6 Å². The van der Waals surface area contributed by atoms with Gasteiger partial charge in [-0.25, -0.2) is 0 Å². The van der Waals surface area contributed by atoms with E-state index < -0.39 is 0 Å². The van der Waals surface area contributed by atoms with E-state index in [1.54, 1.807) is 0 Å². The molecule has 1 aliphatic rings. The lowest BCUT2D eigenvalue weighted by Gasteiger charge is -2.15. The van der Waals surface area contributed by atoms with Crippen LogP contribution in [0.4, 0.5) is 0 Å². The monoisotopic (exact) mass is 167 g/mol. The maximum Gasteiger partial charge on any atom is 0.222 e. The molecule has 0 saturated heterocycles. The van der Waals surface area contributed by atoms with E-state index in [9.17, 15) is 4.79 Å². The second-order valence-corrected chi connectivity index (χ2v) is 3.51. The van der Waals surface area contributed by atoms with Crippen LogP contribution in [0.1, 0.15) is 32.6 Å². The molecule has 0 aliphatic carbocycles. The molecule has 1 rings (SSSR count). The molecule has 0 aromatic carbocycles. The lowest BCUT2D eigenvalue weighted by atomic mass is 10.1. The Bertz CT molecular complexity index is 196. The van der Waals surface area contributed by atoms with Crippen LogP contribution in [0.2, 0.25) is 0 Å². The van der Waals surface area contributed by atoms with Gasteiger partial charge in [-0.2, -0.15) is 0 Å². The number of rotatable bonds is 0. The van der Waals surface area contributed by atoms with Crippen molar-refractivity contribution in [1.82, 2.24) is 4.90 Å². The lowest BCUT2D eigenvalue weighted by molar-refractivity contribution is -0.129. The van der Waals surface area contributed by atoms with Crippen molar-refractivity contribution in [2.75, 3.05) is 13.6 Å². The Morgan fingerprint density at radius 3 is 2.92 bits per heavy atom. The summed E-state index contributed by atoms with van der Waals surface area (Å²) in [5.41, 5.74) is 1.41. The van der Waals surface area contributed by atoms with Crippen molar-refractivity contribution in [2.24, 2.45) is 0 Å². The van der Waals surface area contributed by atoms with E-state index in [0.29, 0.717) is 6.42 Å². The maximum atomic E-state index is 11.3. The first kappa shape index (κ1) is 9.30. The minimum absolute atomic E-state index is 0.290. The van der Waals surface area contributed by atoms with Crippen LogP contribution in [0.5, 0.6) is 0 Å². The zero-order valence-electron chi connectivity index (χ0n) is 7.97. The molecule has 0 saturated carbocycles. The molecule has 0 unspecified atom stereocenters. The van der Waals surface area contributed by atoms with Gasteiger partial charge in [0.2, 0.25) is 5.91 Å². The van der Waals surface area contributed by atoms with Gasteiger partial charge in [0.15, 0.2) is 0 Å². The highest BCUT2D eigenvalue weighted by Gasteiger charge is 2.09. The van der Waals surface area contributed by atoms with Crippen LogP contribution >= 0.6 is 0 Å². The Morgan fingerprint density at radius 1 is 1.42 bits per heavy atom. The molecule has 0 N–H and O–H groups in total. The number of carbonyl (C=O) groups is 1. The highest BCUT2D eigenvalue weighted by molar-refractivity contribution is 5.75. The highest BCUT2D eigenvalue weighted by Crippen LogP contribution is 2.10. The molecule has 1 amide bonds. The Kier molecular flexibility index (Phi) is 3.32. The number of carbonyl (C=O) groups excluding carboxylic acids is 1. The first-order valence-corrected chi connectivity index (χ1v) is 4.60. The van der Waals surface area contributed by atoms with Crippen molar-refractivity contribution in [3.8, 4) is 0 Å². The van der Waals surface area contributed by atoms with Crippen molar-refractivity contribution in [2.45, 2.75) is 32.6 Å². The summed E-state index contributed by atoms with van der Waals surface area (Å²) in [6.45, 7) is 3.02. The number of hydrogen-bond acceptors (Lipinski definition) is 1. The molecule has 0 spiro atoms. The largest absolute Gasteiger partial charge is 0.345 e. The number of hydrogen-bond donors (Lipinski definition) is 0. The van der Waals surface area contributed by atoms with Gasteiger partial charge in [-0.15, -0.1) is 0 Å². The Hall–Kier alpha value is -0.790. The van der Waals surface area contributed by atoms with Gasteiger partial charge in [0, 0.05) is 20.0 Å². The third kappa shape index (κ3) is 2.68. The van der Waals surface area contributed by atoms with Crippen molar-refractivity contribution >= 4 is 5.91 Å². The Balaban J connectivity index is 2.53. The molecular weight excluding hydrogens is 150 g/mol. The first-order valence-electron chi connectivity index (χ1n) is 4.60. The van der Waals surface area contributed by atoms with Gasteiger partial charge < -0.3 is 4.90 Å². The molecule has 12 heavy (non-hydrogen) atoms. The summed E-state index contributed by atoms with van der Waals surface area (Å²) in [5.74, 6) is 0.290. The number of allylic oxidation sites excluding steroid dienone is 1. The second-order valence-electron chi connectivity index (χ2n) is 3.51. The lowest BCUT2D eigenvalue weighted by Crippen LogP contribution is -2.27. The summed E-state index contributed by atoms with van der Waals surface area (Å²) in [5, 5.41) is 0. The van der Waals surface area contributed by atoms with E-state index >= 15 is 0 Å². The molecule has 2 nitrogen and oxygen atoms in total. The van der Waals surface area contributed by atoms with Crippen LogP contribution in [-0.4, -0.2) is 24.4 Å². The number of amides is 1. The van der Waals surface area contributed by atoms with E-state index in [4.69, 9.17) is 0 Å². The average Bonchev–Trinajstić information content (AvgIpc) is 2.11. The summed E-state index contributed by atoms with van der Waals surface area (Å²) in [6.07, 6.45) is 6.06. The fraction of sp³-hybridized carbons (Fsp3) is 0.700. The molecule has 0 atom stereocenters. The van der Waals surface area contributed by atoms with Gasteiger partial charge in [0.1, 0.15) is 0 Å². The second kappa shape index (κ2) is 4.29. The molecule has 0 radical (unpaired) electrons. The summed E-state index contributed by atoms with van der Waals surface area (Å²) >= 11 is 0. The van der Waals surface area contributed by atoms with E-state index in [1.165, 1.54) is 5.57 Å². The highest BCUT2D eigenvalue weighted by atomic mass is 16.2. The predicted molar refractivity (Wildman–Crippen MR) is 49.9 cm³/mol. The van der Waals surface area contributed by atoms with Crippen LogP contribution in [0.3, 0.4) is 0 Å². The first-order chi connectivity index (χ1) is 5.70. The van der Waals surface area contributed by atoms with Gasteiger partial charge in [-0.1, -0.05) is 11.6 Å². The predicted octanol–water partition coefficient (Wildman–Crippen LogP) is 1.97. The zero-order chi connectivity index (χ0) is 8.97. The van der Waals surface area contributed by atoms with E-state index in [-0.39, 0.29) is 5.91 Å². The fourth-order valence-corrected chi connectivity index (χ4v) is 1.36. The molecule has 0 aromatic heterocycles. The van der Waals surface area contributed by atoms with Gasteiger partial charge >= 0.3 is 0 Å². The molecular formula is C10H17NO. The summed E-state index contributed by atoms with van der Waals surface area (Å²) in [6, 6.07) is 0. The van der Waals surface area contributed by atoms with Gasteiger partial charge in [0.05, 0.1) is 0 Å². The normalized spacial score (nSPS) is 25.3. The van der Waals surface area contributed by atoms with Crippen molar-refractivity contribution in [3.63, 3.8) is 0 Å². The van der Waals surface area contributed by atoms with E-state index in [2.05, 4.69) is 13.0 Å². The Morgan fingerprint density at radius 2 is 2.17 bits per heavy atom. The number of nitrogens with zero attached hydrogens (tertiary/aromatic N) is 1. The maximum absolute atomic E-state index is 11.3. The molecule has 0 bridgehead atoms. The summed E-state index contributed by atoms with van der Waals surface area (Å²) < 4.78 is 0. The molecule has 1 heterocycles. The van der Waals surface area contributed by atoms with Crippen LogP contribution in [-0.2, 0) is 4.79 Å². The summed E-state index contributed by atoms with van der Waals surface area (Å²) in [4.78, 5) is 13.2. The fourth-order valence-electron chi connectivity index (χ4n) is 1.36. The molecule has 2 heteroatoms. The van der Waals surface area contributed by atoms with Gasteiger partial charge in [-0.05, 0) is 26.2 Å². The standard InChI is InChI=1S/C10H17NO/c1-9-5-3-4-6-10(12)11(2)8-7-9/h5H,3-4,6-8H2,1-2H3/b9-5-. The third-order valence-corrected chi connectivity index (χ3v) is 2.35. The van der Waals surface area contributed by atoms with Crippen molar-refractivity contribution in [1.29, 1.82) is 0 Å². The quantitative estimate of drug-likeness (QED) is 0.505. The van der Waals surface area contributed by atoms with E-state index in [1.807, 2.05) is 11.9 Å². The molecule has 0 aromatic rings. The van der Waals surface area contributed by atoms with Crippen LogP contribution in [0, 0.1) is 0 Å². The smallest absolute Gasteiger partial charge is 0.222 e. The van der Waals surface area contributed by atoms with Crippen LogP contribution in [0.25, 0.3) is 0 Å². The average molecular weight is 167 g/mol. The van der Waals surface area contributed by atoms with Gasteiger partial charge in [-0.3, -0.25) is 4.79 Å². The summed E-state index contributed by atoms with van der Waals surface area (Å²) in [7, 11) is 1.89. The Labute approximate surface area is 74.2 Å². The third-order valence-electron chi connectivity index (χ3n) is 2.35. The molecule has 68 valence electrons. The minimum Gasteiger partial charge on any atom is -0.345 e. The molecule has 1 aliphatic heterocycles. The minimum atomic E-state index is 0.290.